The predicted octanol–water partition coefficient (Wildman–Crippen LogP) is 4.26. The molecule has 96 valence electrons. The van der Waals surface area contributed by atoms with E-state index in [0.717, 1.165) is 10.6 Å². The van der Waals surface area contributed by atoms with Gasteiger partial charge in [0.2, 0.25) is 0 Å². The number of benzene rings is 2. The molecule has 0 saturated carbocycles. The van der Waals surface area contributed by atoms with Crippen molar-refractivity contribution < 1.29 is 0 Å². The number of rotatable bonds is 3. The van der Waals surface area contributed by atoms with Gasteiger partial charge in [-0.2, -0.15) is 5.26 Å². The van der Waals surface area contributed by atoms with Gasteiger partial charge in [0.1, 0.15) is 6.07 Å². The zero-order valence-electron chi connectivity index (χ0n) is 10.3. The van der Waals surface area contributed by atoms with E-state index in [1.807, 2.05) is 24.5 Å². The number of nitriles is 1. The highest BCUT2D eigenvalue weighted by atomic mass is 35.5. The maximum Gasteiger partial charge on any atom is 0.103 e. The summed E-state index contributed by atoms with van der Waals surface area (Å²) in [6.07, 6.45) is 1.94. The van der Waals surface area contributed by atoms with Crippen molar-refractivity contribution in [2.24, 2.45) is 0 Å². The number of hydrogen-bond acceptors (Lipinski definition) is 4. The summed E-state index contributed by atoms with van der Waals surface area (Å²) in [6, 6.07) is 13.1. The Hall–Kier alpha value is -1.83. The Balaban J connectivity index is 2.44. The average Bonchev–Trinajstić information content (AvgIpc) is 2.42. The van der Waals surface area contributed by atoms with E-state index in [0.29, 0.717) is 22.0 Å². The Bertz CT molecular complexity index is 650. The molecule has 0 amide bonds. The lowest BCUT2D eigenvalue weighted by Crippen LogP contribution is -1.97. The van der Waals surface area contributed by atoms with Crippen LogP contribution in [0.2, 0.25) is 5.02 Å². The first-order valence-corrected chi connectivity index (χ1v) is 7.15. The normalized spacial score (nSPS) is 9.95. The van der Waals surface area contributed by atoms with Gasteiger partial charge in [0.05, 0.1) is 22.0 Å². The first-order valence-electron chi connectivity index (χ1n) is 5.55. The molecule has 19 heavy (non-hydrogen) atoms. The molecule has 0 atom stereocenters. The molecule has 2 rings (SSSR count). The van der Waals surface area contributed by atoms with E-state index in [1.54, 1.807) is 18.2 Å². The monoisotopic (exact) mass is 289 g/mol. The van der Waals surface area contributed by atoms with Gasteiger partial charge < -0.3 is 11.1 Å². The molecule has 0 bridgehead atoms. The fourth-order valence-electron chi connectivity index (χ4n) is 1.70. The van der Waals surface area contributed by atoms with Crippen LogP contribution in [0.3, 0.4) is 0 Å². The second-order valence-corrected chi connectivity index (χ2v) is 5.11. The van der Waals surface area contributed by atoms with Crippen molar-refractivity contribution in [2.75, 3.05) is 17.3 Å². The van der Waals surface area contributed by atoms with Gasteiger partial charge in [0.25, 0.3) is 0 Å². The molecule has 5 heteroatoms. The molecule has 0 fully saturated rings. The number of nitrogens with zero attached hydrogens (tertiary/aromatic N) is 1. The Morgan fingerprint density at radius 1 is 1.26 bits per heavy atom. The summed E-state index contributed by atoms with van der Waals surface area (Å²) < 4.78 is 0. The summed E-state index contributed by atoms with van der Waals surface area (Å²) in [5.74, 6) is 0. The van der Waals surface area contributed by atoms with Crippen molar-refractivity contribution in [3.05, 3.63) is 47.0 Å². The van der Waals surface area contributed by atoms with Gasteiger partial charge in [-0.25, -0.2) is 0 Å². The minimum atomic E-state index is 0.563. The Kier molecular flexibility index (Phi) is 4.20. The maximum absolute atomic E-state index is 9.27. The highest BCUT2D eigenvalue weighted by Crippen LogP contribution is 2.32. The van der Waals surface area contributed by atoms with Crippen LogP contribution in [0.25, 0.3) is 0 Å². The molecule has 0 unspecified atom stereocenters. The molecule has 3 N–H and O–H groups in total. The second kappa shape index (κ2) is 5.87. The van der Waals surface area contributed by atoms with Crippen LogP contribution in [0.5, 0.6) is 0 Å². The molecule has 0 aliphatic rings. The third-order valence-corrected chi connectivity index (χ3v) is 3.73. The third kappa shape index (κ3) is 2.95. The van der Waals surface area contributed by atoms with Gasteiger partial charge in [0, 0.05) is 10.6 Å². The summed E-state index contributed by atoms with van der Waals surface area (Å²) in [7, 11) is 0. The van der Waals surface area contributed by atoms with E-state index in [-0.39, 0.29) is 0 Å². The molecule has 0 saturated heterocycles. The number of hydrogen-bond donors (Lipinski definition) is 2. The van der Waals surface area contributed by atoms with Crippen molar-refractivity contribution >= 4 is 40.4 Å². The SMILES string of the molecule is CSc1cccc(Nc2cc(N)ccc2Cl)c1C#N. The van der Waals surface area contributed by atoms with Crippen molar-refractivity contribution in [1.29, 1.82) is 5.26 Å². The van der Waals surface area contributed by atoms with Crippen LogP contribution in [0, 0.1) is 11.3 Å². The van der Waals surface area contributed by atoms with E-state index in [2.05, 4.69) is 11.4 Å². The lowest BCUT2D eigenvalue weighted by molar-refractivity contribution is 1.36. The lowest BCUT2D eigenvalue weighted by atomic mass is 10.2. The topological polar surface area (TPSA) is 61.8 Å². The fourth-order valence-corrected chi connectivity index (χ4v) is 2.44. The number of nitrogens with two attached hydrogens (primary N) is 1. The van der Waals surface area contributed by atoms with E-state index < -0.39 is 0 Å². The van der Waals surface area contributed by atoms with Crippen molar-refractivity contribution in [2.45, 2.75) is 4.90 Å². The van der Waals surface area contributed by atoms with Crippen LogP contribution in [-0.4, -0.2) is 6.26 Å². The molecule has 0 aliphatic heterocycles. The minimum Gasteiger partial charge on any atom is -0.399 e. The van der Waals surface area contributed by atoms with Crippen LogP contribution in [0.15, 0.2) is 41.3 Å². The van der Waals surface area contributed by atoms with Gasteiger partial charge in [-0.15, -0.1) is 11.8 Å². The standard InChI is InChI=1S/C14H12ClN3S/c1-19-14-4-2-3-12(10(14)8-16)18-13-7-9(17)5-6-11(13)15/h2-7,18H,17H2,1H3. The smallest absolute Gasteiger partial charge is 0.103 e. The van der Waals surface area contributed by atoms with E-state index in [4.69, 9.17) is 17.3 Å². The van der Waals surface area contributed by atoms with Crippen molar-refractivity contribution in [1.82, 2.24) is 0 Å². The molecule has 0 spiro atoms. The number of nitrogens with one attached hydrogen (secondary N) is 1. The first kappa shape index (κ1) is 13.6. The predicted molar refractivity (Wildman–Crippen MR) is 82.1 cm³/mol. The summed E-state index contributed by atoms with van der Waals surface area (Å²) in [5, 5.41) is 13.0. The zero-order chi connectivity index (χ0) is 13.8. The second-order valence-electron chi connectivity index (χ2n) is 3.86. The molecular formula is C14H12ClN3S. The van der Waals surface area contributed by atoms with Crippen LogP contribution >= 0.6 is 23.4 Å². The summed E-state index contributed by atoms with van der Waals surface area (Å²) in [4.78, 5) is 0.924. The Morgan fingerprint density at radius 3 is 2.74 bits per heavy atom. The highest BCUT2D eigenvalue weighted by molar-refractivity contribution is 7.98. The minimum absolute atomic E-state index is 0.563. The summed E-state index contributed by atoms with van der Waals surface area (Å²) in [6.45, 7) is 0. The average molecular weight is 290 g/mol. The lowest BCUT2D eigenvalue weighted by Gasteiger charge is -2.12. The van der Waals surface area contributed by atoms with Crippen LogP contribution in [0.4, 0.5) is 17.1 Å². The fraction of sp³-hybridized carbons (Fsp3) is 0.0714. The van der Waals surface area contributed by atoms with Crippen LogP contribution in [-0.2, 0) is 0 Å². The quantitative estimate of drug-likeness (QED) is 0.655. The molecule has 0 heterocycles. The molecule has 2 aromatic carbocycles. The number of halogens is 1. The summed E-state index contributed by atoms with van der Waals surface area (Å²) in [5.41, 5.74) is 8.38. The van der Waals surface area contributed by atoms with Gasteiger partial charge in [-0.1, -0.05) is 17.7 Å². The highest BCUT2D eigenvalue weighted by Gasteiger charge is 2.09. The molecule has 2 aromatic rings. The zero-order valence-corrected chi connectivity index (χ0v) is 11.8. The maximum atomic E-state index is 9.27. The Morgan fingerprint density at radius 2 is 2.05 bits per heavy atom. The van der Waals surface area contributed by atoms with Gasteiger partial charge in [-0.05, 0) is 36.6 Å². The van der Waals surface area contributed by atoms with E-state index in [1.165, 1.54) is 11.8 Å². The first-order chi connectivity index (χ1) is 9.15. The van der Waals surface area contributed by atoms with Crippen molar-refractivity contribution in [3.8, 4) is 6.07 Å². The Labute approximate surface area is 121 Å². The van der Waals surface area contributed by atoms with Gasteiger partial charge in [0.15, 0.2) is 0 Å². The number of nitrogen functional groups attached to an aromatic ring is 1. The van der Waals surface area contributed by atoms with Crippen LogP contribution in [0.1, 0.15) is 5.56 Å². The molecule has 0 aromatic heterocycles. The van der Waals surface area contributed by atoms with E-state index >= 15 is 0 Å². The number of anilines is 3. The van der Waals surface area contributed by atoms with E-state index in [9.17, 15) is 5.26 Å². The molecule has 0 aliphatic carbocycles. The number of thioether (sulfide) groups is 1. The van der Waals surface area contributed by atoms with Gasteiger partial charge >= 0.3 is 0 Å². The largest absolute Gasteiger partial charge is 0.399 e. The summed E-state index contributed by atoms with van der Waals surface area (Å²) >= 11 is 7.64. The molecular weight excluding hydrogens is 278 g/mol. The third-order valence-electron chi connectivity index (χ3n) is 2.62. The van der Waals surface area contributed by atoms with Gasteiger partial charge in [-0.3, -0.25) is 0 Å². The molecule has 0 radical (unpaired) electrons. The molecule has 3 nitrogen and oxygen atoms in total. The van der Waals surface area contributed by atoms with Crippen LogP contribution < -0.4 is 11.1 Å². The van der Waals surface area contributed by atoms with Crippen molar-refractivity contribution in [3.63, 3.8) is 0 Å².